The van der Waals surface area contributed by atoms with E-state index < -0.39 is 0 Å². The fraction of sp³-hybridized carbons (Fsp3) is 0.895. The maximum Gasteiger partial charge on any atom is 0.0543 e. The first-order chi connectivity index (χ1) is 10.3. The smallest absolute Gasteiger partial charge is 0.0543 e. The van der Waals surface area contributed by atoms with Crippen molar-refractivity contribution in [1.29, 1.82) is 0 Å². The third-order valence-corrected chi connectivity index (χ3v) is 4.05. The number of rotatable bonds is 16. The molecule has 0 aromatic rings. The Bertz CT molecular complexity index is 221. The highest BCUT2D eigenvalue weighted by molar-refractivity contribution is 5.85. The molecule has 0 aliphatic carbocycles. The second-order valence-corrected chi connectivity index (χ2v) is 6.25. The minimum Gasteiger partial charge on any atom is -0.393 e. The van der Waals surface area contributed by atoms with E-state index in [9.17, 15) is 5.11 Å². The van der Waals surface area contributed by atoms with E-state index in [1.54, 1.807) is 0 Å². The van der Waals surface area contributed by atoms with Gasteiger partial charge in [0, 0.05) is 0 Å². The van der Waals surface area contributed by atoms with Crippen molar-refractivity contribution < 1.29 is 5.11 Å². The molecule has 1 atom stereocenters. The lowest BCUT2D eigenvalue weighted by Gasteiger charge is -2.07. The molecule has 0 spiro atoms. The Hall–Kier alpha value is -0.0500. The van der Waals surface area contributed by atoms with Crippen LogP contribution >= 0.6 is 12.4 Å². The molecule has 0 heterocycles. The van der Waals surface area contributed by atoms with Crippen LogP contribution in [0.3, 0.4) is 0 Å². The van der Waals surface area contributed by atoms with Crippen molar-refractivity contribution in [1.82, 2.24) is 0 Å². The van der Waals surface area contributed by atoms with Gasteiger partial charge in [0.1, 0.15) is 0 Å². The molecule has 0 radical (unpaired) electrons. The summed E-state index contributed by atoms with van der Waals surface area (Å²) in [4.78, 5) is 0. The van der Waals surface area contributed by atoms with E-state index in [-0.39, 0.29) is 18.5 Å². The van der Waals surface area contributed by atoms with Crippen LogP contribution in [0.4, 0.5) is 0 Å². The molecule has 2 nitrogen and oxygen atoms in total. The van der Waals surface area contributed by atoms with Gasteiger partial charge < -0.3 is 10.8 Å². The molecule has 0 saturated heterocycles. The van der Waals surface area contributed by atoms with E-state index in [0.29, 0.717) is 0 Å². The van der Waals surface area contributed by atoms with Gasteiger partial charge in [-0.15, -0.1) is 12.4 Å². The van der Waals surface area contributed by atoms with E-state index in [2.05, 4.69) is 19.1 Å². The van der Waals surface area contributed by atoms with Gasteiger partial charge in [0.2, 0.25) is 0 Å². The molecule has 0 amide bonds. The summed E-state index contributed by atoms with van der Waals surface area (Å²) in [5, 5.41) is 9.80. The molecular weight excluding hydrogens is 294 g/mol. The summed E-state index contributed by atoms with van der Waals surface area (Å²) in [6, 6.07) is 0. The average Bonchev–Trinajstić information content (AvgIpc) is 2.48. The molecule has 0 aromatic carbocycles. The summed E-state index contributed by atoms with van der Waals surface area (Å²) in [6.07, 6.45) is 21.5. The molecule has 1 unspecified atom stereocenters. The molecular formula is C19H40ClNO. The molecule has 0 aromatic heterocycles. The van der Waals surface area contributed by atoms with Crippen LogP contribution in [0.15, 0.2) is 12.2 Å². The van der Waals surface area contributed by atoms with Gasteiger partial charge in [-0.05, 0) is 45.1 Å². The van der Waals surface area contributed by atoms with Crippen molar-refractivity contribution in [2.45, 2.75) is 103 Å². The molecule has 3 heteroatoms. The molecule has 134 valence electrons. The largest absolute Gasteiger partial charge is 0.393 e. The Labute approximate surface area is 145 Å². The Balaban J connectivity index is 0. The third-order valence-electron chi connectivity index (χ3n) is 4.05. The zero-order chi connectivity index (χ0) is 15.6. The van der Waals surface area contributed by atoms with Crippen LogP contribution in [0.25, 0.3) is 0 Å². The van der Waals surface area contributed by atoms with Gasteiger partial charge in [-0.3, -0.25) is 0 Å². The fourth-order valence-corrected chi connectivity index (χ4v) is 2.59. The zero-order valence-electron chi connectivity index (χ0n) is 14.8. The van der Waals surface area contributed by atoms with Crippen LogP contribution in [0.2, 0.25) is 0 Å². The lowest BCUT2D eigenvalue weighted by molar-refractivity contribution is 0.152. The normalized spacial score (nSPS) is 12.5. The number of aliphatic hydroxyl groups is 1. The first-order valence-corrected chi connectivity index (χ1v) is 9.34. The quantitative estimate of drug-likeness (QED) is 0.278. The van der Waals surface area contributed by atoms with E-state index >= 15 is 0 Å². The lowest BCUT2D eigenvalue weighted by Crippen LogP contribution is -2.05. The summed E-state index contributed by atoms with van der Waals surface area (Å²) >= 11 is 0. The van der Waals surface area contributed by atoms with Crippen molar-refractivity contribution in [2.24, 2.45) is 5.73 Å². The second kappa shape index (κ2) is 20.9. The standard InChI is InChI=1S/C19H39NO.ClH/c1-2-3-13-16-19(21)17-14-11-9-7-5-4-6-8-10-12-15-18-20;/h9,11,19,21H,2-8,10,12-18,20H2,1H3;1H/b11-9-;. The molecule has 3 N–H and O–H groups in total. The number of unbranched alkanes of at least 4 members (excludes halogenated alkanes) is 9. The monoisotopic (exact) mass is 333 g/mol. The van der Waals surface area contributed by atoms with Crippen molar-refractivity contribution in [3.63, 3.8) is 0 Å². The molecule has 22 heavy (non-hydrogen) atoms. The predicted octanol–water partition coefficient (Wildman–Crippen LogP) is 5.77. The van der Waals surface area contributed by atoms with Crippen LogP contribution in [-0.4, -0.2) is 17.8 Å². The van der Waals surface area contributed by atoms with Crippen molar-refractivity contribution in [2.75, 3.05) is 6.54 Å². The highest BCUT2D eigenvalue weighted by atomic mass is 35.5. The number of hydrogen-bond donors (Lipinski definition) is 2. The summed E-state index contributed by atoms with van der Waals surface area (Å²) in [5.74, 6) is 0. The summed E-state index contributed by atoms with van der Waals surface area (Å²) < 4.78 is 0. The maximum absolute atomic E-state index is 9.80. The Kier molecular flexibility index (Phi) is 23.1. The van der Waals surface area contributed by atoms with Crippen LogP contribution in [0.1, 0.15) is 96.8 Å². The first-order valence-electron chi connectivity index (χ1n) is 9.34. The topological polar surface area (TPSA) is 46.2 Å². The first kappa shape index (κ1) is 24.2. The second-order valence-electron chi connectivity index (χ2n) is 6.25. The number of allylic oxidation sites excluding steroid dienone is 2. The summed E-state index contributed by atoms with van der Waals surface area (Å²) in [5.41, 5.74) is 5.47. The average molecular weight is 334 g/mol. The minimum absolute atomic E-state index is 0. The molecule has 0 saturated carbocycles. The highest BCUT2D eigenvalue weighted by Gasteiger charge is 2.01. The van der Waals surface area contributed by atoms with Gasteiger partial charge >= 0.3 is 0 Å². The lowest BCUT2D eigenvalue weighted by atomic mass is 10.1. The fourth-order valence-electron chi connectivity index (χ4n) is 2.59. The van der Waals surface area contributed by atoms with Crippen LogP contribution in [0.5, 0.6) is 0 Å². The van der Waals surface area contributed by atoms with Crippen molar-refractivity contribution >= 4 is 12.4 Å². The highest BCUT2D eigenvalue weighted by Crippen LogP contribution is 2.10. The zero-order valence-corrected chi connectivity index (χ0v) is 15.6. The number of hydrogen-bond acceptors (Lipinski definition) is 2. The van der Waals surface area contributed by atoms with Gasteiger partial charge in [0.25, 0.3) is 0 Å². The van der Waals surface area contributed by atoms with Gasteiger partial charge in [-0.2, -0.15) is 0 Å². The number of halogens is 1. The predicted molar refractivity (Wildman–Crippen MR) is 102 cm³/mol. The third kappa shape index (κ3) is 19.9. The molecule has 0 aliphatic heterocycles. The van der Waals surface area contributed by atoms with E-state index in [1.807, 2.05) is 0 Å². The summed E-state index contributed by atoms with van der Waals surface area (Å²) in [7, 11) is 0. The van der Waals surface area contributed by atoms with E-state index in [0.717, 1.165) is 25.8 Å². The van der Waals surface area contributed by atoms with E-state index in [4.69, 9.17) is 5.73 Å². The Morgan fingerprint density at radius 1 is 0.773 bits per heavy atom. The van der Waals surface area contributed by atoms with Gasteiger partial charge in [-0.25, -0.2) is 0 Å². The maximum atomic E-state index is 9.80. The number of nitrogens with two attached hydrogens (primary N) is 1. The van der Waals surface area contributed by atoms with Crippen molar-refractivity contribution in [3.05, 3.63) is 12.2 Å². The summed E-state index contributed by atoms with van der Waals surface area (Å²) in [6.45, 7) is 3.05. The molecule has 0 rings (SSSR count). The molecule has 0 aliphatic rings. The Morgan fingerprint density at radius 2 is 1.36 bits per heavy atom. The van der Waals surface area contributed by atoms with Gasteiger partial charge in [0.05, 0.1) is 6.10 Å². The van der Waals surface area contributed by atoms with Gasteiger partial charge in [-0.1, -0.05) is 70.4 Å². The van der Waals surface area contributed by atoms with Crippen molar-refractivity contribution in [3.8, 4) is 0 Å². The van der Waals surface area contributed by atoms with Crippen LogP contribution in [-0.2, 0) is 0 Å². The SMILES string of the molecule is CCCCCC(O)CC/C=C\CCCCCCCCCN.Cl. The number of aliphatic hydroxyl groups excluding tert-OH is 1. The minimum atomic E-state index is -0.0882. The molecule has 0 bridgehead atoms. The van der Waals surface area contributed by atoms with Crippen LogP contribution in [0, 0.1) is 0 Å². The van der Waals surface area contributed by atoms with E-state index in [1.165, 1.54) is 70.6 Å². The Morgan fingerprint density at radius 3 is 2.00 bits per heavy atom. The van der Waals surface area contributed by atoms with Crippen LogP contribution < -0.4 is 5.73 Å². The van der Waals surface area contributed by atoms with Gasteiger partial charge in [0.15, 0.2) is 0 Å². The molecule has 0 fully saturated rings.